The van der Waals surface area contributed by atoms with Crippen LogP contribution in [-0.2, 0) is 13.2 Å². The second-order valence-corrected chi connectivity index (χ2v) is 8.68. The second-order valence-electron chi connectivity index (χ2n) is 7.89. The van der Waals surface area contributed by atoms with Crippen LogP contribution in [0.5, 0.6) is 11.5 Å². The van der Waals surface area contributed by atoms with E-state index in [1.807, 2.05) is 54.6 Å². The Morgan fingerprint density at radius 3 is 1.94 bits per heavy atom. The molecule has 0 atom stereocenters. The lowest BCUT2D eigenvalue weighted by Gasteiger charge is -2.12. The van der Waals surface area contributed by atoms with Gasteiger partial charge in [-0.3, -0.25) is 0 Å². The van der Waals surface area contributed by atoms with Gasteiger partial charge in [0.2, 0.25) is 0 Å². The Bertz CT molecular complexity index is 1360. The molecule has 0 fully saturated rings. The quantitative estimate of drug-likeness (QED) is 0.226. The molecule has 0 aliphatic carbocycles. The Kier molecular flexibility index (Phi) is 6.41. The molecule has 0 aliphatic rings. The molecule has 0 radical (unpaired) electrons. The van der Waals surface area contributed by atoms with Gasteiger partial charge in [0.15, 0.2) is 0 Å². The van der Waals surface area contributed by atoms with E-state index >= 15 is 0 Å². The van der Waals surface area contributed by atoms with Crippen molar-refractivity contribution < 1.29 is 9.47 Å². The molecule has 0 spiro atoms. The zero-order chi connectivity index (χ0) is 22.5. The summed E-state index contributed by atoms with van der Waals surface area (Å²) in [6, 6.07) is 39.3. The Balaban J connectivity index is 1.35. The molecule has 0 unspecified atom stereocenters. The van der Waals surface area contributed by atoms with Gasteiger partial charge < -0.3 is 9.47 Å². The molecule has 0 saturated carbocycles. The van der Waals surface area contributed by atoms with Crippen LogP contribution in [0.3, 0.4) is 0 Å². The SMILES string of the molecule is Brc1c(OCc2ccccc2)ccc2cc(-c3cccc(OCc4ccccc4)c3)ccc12. The summed E-state index contributed by atoms with van der Waals surface area (Å²) in [6.07, 6.45) is 0. The summed E-state index contributed by atoms with van der Waals surface area (Å²) in [7, 11) is 0. The number of rotatable bonds is 7. The molecule has 0 bridgehead atoms. The number of hydrogen-bond donors (Lipinski definition) is 0. The summed E-state index contributed by atoms with van der Waals surface area (Å²) < 4.78 is 13.1. The van der Waals surface area contributed by atoms with Gasteiger partial charge in [-0.05, 0) is 73.2 Å². The van der Waals surface area contributed by atoms with Gasteiger partial charge >= 0.3 is 0 Å². The molecule has 5 aromatic carbocycles. The summed E-state index contributed by atoms with van der Waals surface area (Å²) in [5.74, 6) is 1.71. The van der Waals surface area contributed by atoms with Crippen LogP contribution in [0.2, 0.25) is 0 Å². The van der Waals surface area contributed by atoms with Crippen LogP contribution in [0.4, 0.5) is 0 Å². The van der Waals surface area contributed by atoms with Crippen molar-refractivity contribution in [3.63, 3.8) is 0 Å². The van der Waals surface area contributed by atoms with Crippen molar-refractivity contribution in [3.05, 3.63) is 131 Å². The Labute approximate surface area is 202 Å². The maximum atomic E-state index is 6.06. The number of halogens is 1. The van der Waals surface area contributed by atoms with Gasteiger partial charge in [-0.2, -0.15) is 0 Å². The molecule has 162 valence electrons. The fraction of sp³-hybridized carbons (Fsp3) is 0.0667. The molecule has 0 saturated heterocycles. The maximum absolute atomic E-state index is 6.06. The molecule has 0 heterocycles. The van der Waals surface area contributed by atoms with Gasteiger partial charge in [-0.25, -0.2) is 0 Å². The highest BCUT2D eigenvalue weighted by Gasteiger charge is 2.09. The molecule has 3 heteroatoms. The van der Waals surface area contributed by atoms with E-state index in [2.05, 4.69) is 76.6 Å². The van der Waals surface area contributed by atoms with E-state index in [0.29, 0.717) is 13.2 Å². The largest absolute Gasteiger partial charge is 0.489 e. The predicted molar refractivity (Wildman–Crippen MR) is 139 cm³/mol. The van der Waals surface area contributed by atoms with E-state index < -0.39 is 0 Å². The molecule has 0 aromatic heterocycles. The van der Waals surface area contributed by atoms with E-state index in [4.69, 9.17) is 9.47 Å². The van der Waals surface area contributed by atoms with E-state index in [9.17, 15) is 0 Å². The Morgan fingerprint density at radius 2 is 1.21 bits per heavy atom. The first-order chi connectivity index (χ1) is 16.3. The molecule has 5 rings (SSSR count). The normalized spacial score (nSPS) is 10.8. The zero-order valence-electron chi connectivity index (χ0n) is 18.1. The lowest BCUT2D eigenvalue weighted by molar-refractivity contribution is 0.305. The highest BCUT2D eigenvalue weighted by Crippen LogP contribution is 2.36. The minimum Gasteiger partial charge on any atom is -0.489 e. The highest BCUT2D eigenvalue weighted by molar-refractivity contribution is 9.10. The zero-order valence-corrected chi connectivity index (χ0v) is 19.7. The average Bonchev–Trinajstić information content (AvgIpc) is 2.88. The summed E-state index contributed by atoms with van der Waals surface area (Å²) in [6.45, 7) is 1.10. The third-order valence-corrected chi connectivity index (χ3v) is 6.39. The molecule has 33 heavy (non-hydrogen) atoms. The van der Waals surface area contributed by atoms with Crippen LogP contribution in [0.25, 0.3) is 21.9 Å². The molecular formula is C30H23BrO2. The van der Waals surface area contributed by atoms with Crippen molar-refractivity contribution in [1.82, 2.24) is 0 Å². The molecular weight excluding hydrogens is 472 g/mol. The smallest absolute Gasteiger partial charge is 0.134 e. The van der Waals surface area contributed by atoms with Crippen LogP contribution < -0.4 is 9.47 Å². The molecule has 0 amide bonds. The maximum Gasteiger partial charge on any atom is 0.134 e. The van der Waals surface area contributed by atoms with E-state index in [1.54, 1.807) is 0 Å². The monoisotopic (exact) mass is 494 g/mol. The Hall–Kier alpha value is -3.56. The van der Waals surface area contributed by atoms with E-state index in [-0.39, 0.29) is 0 Å². The van der Waals surface area contributed by atoms with Crippen LogP contribution in [0.1, 0.15) is 11.1 Å². The van der Waals surface area contributed by atoms with Crippen molar-refractivity contribution >= 4 is 26.7 Å². The first kappa shape index (κ1) is 21.3. The Morgan fingerprint density at radius 1 is 0.545 bits per heavy atom. The summed E-state index contributed by atoms with van der Waals surface area (Å²) >= 11 is 3.75. The average molecular weight is 495 g/mol. The summed E-state index contributed by atoms with van der Waals surface area (Å²) in [5.41, 5.74) is 4.58. The molecule has 0 N–H and O–H groups in total. The van der Waals surface area contributed by atoms with Crippen LogP contribution in [-0.4, -0.2) is 0 Å². The number of ether oxygens (including phenoxy) is 2. The fourth-order valence-corrected chi connectivity index (χ4v) is 4.41. The lowest BCUT2D eigenvalue weighted by atomic mass is 10.0. The van der Waals surface area contributed by atoms with Gasteiger partial charge in [-0.15, -0.1) is 0 Å². The number of hydrogen-bond acceptors (Lipinski definition) is 2. The van der Waals surface area contributed by atoms with Crippen molar-refractivity contribution in [2.75, 3.05) is 0 Å². The predicted octanol–water partition coefficient (Wildman–Crippen LogP) is 8.43. The third-order valence-electron chi connectivity index (χ3n) is 5.57. The van der Waals surface area contributed by atoms with Crippen LogP contribution in [0, 0.1) is 0 Å². The summed E-state index contributed by atoms with van der Waals surface area (Å²) in [4.78, 5) is 0. The van der Waals surface area contributed by atoms with Crippen molar-refractivity contribution in [2.45, 2.75) is 13.2 Å². The van der Waals surface area contributed by atoms with Gasteiger partial charge in [0.1, 0.15) is 24.7 Å². The van der Waals surface area contributed by atoms with Crippen molar-refractivity contribution in [1.29, 1.82) is 0 Å². The first-order valence-electron chi connectivity index (χ1n) is 10.9. The first-order valence-corrected chi connectivity index (χ1v) is 11.7. The van der Waals surface area contributed by atoms with E-state index in [1.165, 1.54) is 0 Å². The van der Waals surface area contributed by atoms with Gasteiger partial charge in [0.25, 0.3) is 0 Å². The highest BCUT2D eigenvalue weighted by atomic mass is 79.9. The second kappa shape index (κ2) is 9.93. The lowest BCUT2D eigenvalue weighted by Crippen LogP contribution is -1.96. The van der Waals surface area contributed by atoms with Crippen LogP contribution >= 0.6 is 15.9 Å². The van der Waals surface area contributed by atoms with Gasteiger partial charge in [0, 0.05) is 0 Å². The van der Waals surface area contributed by atoms with E-state index in [0.717, 1.165) is 49.0 Å². The molecule has 5 aromatic rings. The van der Waals surface area contributed by atoms with Gasteiger partial charge in [0.05, 0.1) is 4.47 Å². The van der Waals surface area contributed by atoms with Crippen LogP contribution in [0.15, 0.2) is 120 Å². The third kappa shape index (κ3) is 5.10. The minimum absolute atomic E-state index is 0.540. The minimum atomic E-state index is 0.540. The fourth-order valence-electron chi connectivity index (χ4n) is 3.80. The van der Waals surface area contributed by atoms with Crippen molar-refractivity contribution in [3.8, 4) is 22.6 Å². The van der Waals surface area contributed by atoms with Crippen molar-refractivity contribution in [2.24, 2.45) is 0 Å². The standard InChI is InChI=1S/C30H23BrO2/c31-30-28-16-14-25(18-26(28)15-17-29(30)33-21-23-10-5-2-6-11-23)24-12-7-13-27(19-24)32-20-22-8-3-1-4-9-22/h1-19H,20-21H2. The van der Waals surface area contributed by atoms with Gasteiger partial charge in [-0.1, -0.05) is 91.0 Å². The number of fused-ring (bicyclic) bond motifs is 1. The summed E-state index contributed by atoms with van der Waals surface area (Å²) in [5, 5.41) is 2.28. The molecule has 0 aliphatic heterocycles. The topological polar surface area (TPSA) is 18.5 Å². The molecule has 2 nitrogen and oxygen atoms in total. The number of benzene rings is 5.